The number of hydrogen-bond acceptors (Lipinski definition) is 2. The van der Waals surface area contributed by atoms with Crippen LogP contribution in [0, 0.1) is 13.8 Å². The van der Waals surface area contributed by atoms with E-state index < -0.39 is 0 Å². The Bertz CT molecular complexity index is 761. The van der Waals surface area contributed by atoms with Crippen molar-refractivity contribution in [1.82, 2.24) is 9.80 Å². The van der Waals surface area contributed by atoms with Gasteiger partial charge in [-0.15, -0.1) is 0 Å². The van der Waals surface area contributed by atoms with Gasteiger partial charge in [-0.1, -0.05) is 36.4 Å². The molecule has 1 aliphatic heterocycles. The molecule has 2 aromatic carbocycles. The van der Waals surface area contributed by atoms with E-state index in [1.807, 2.05) is 86.0 Å². The minimum absolute atomic E-state index is 0.0220. The third-order valence-electron chi connectivity index (χ3n) is 5.26. The molecule has 3 rings (SSSR count). The van der Waals surface area contributed by atoms with Crippen molar-refractivity contribution in [3.63, 3.8) is 0 Å². The molecule has 2 atom stereocenters. The predicted molar refractivity (Wildman–Crippen MR) is 103 cm³/mol. The summed E-state index contributed by atoms with van der Waals surface area (Å²) in [5.41, 5.74) is 3.45. The highest BCUT2D eigenvalue weighted by molar-refractivity contribution is 5.97. The Labute approximate surface area is 155 Å². The van der Waals surface area contributed by atoms with Crippen LogP contribution in [0.2, 0.25) is 0 Å². The number of piperazine rings is 1. The van der Waals surface area contributed by atoms with Gasteiger partial charge in [0, 0.05) is 36.3 Å². The van der Waals surface area contributed by atoms with Crippen molar-refractivity contribution >= 4 is 11.8 Å². The summed E-state index contributed by atoms with van der Waals surface area (Å²) in [4.78, 5) is 29.8. The molecule has 1 heterocycles. The van der Waals surface area contributed by atoms with Crippen LogP contribution in [0.5, 0.6) is 0 Å². The van der Waals surface area contributed by atoms with E-state index in [0.717, 1.165) is 22.3 Å². The summed E-state index contributed by atoms with van der Waals surface area (Å²) >= 11 is 0. The highest BCUT2D eigenvalue weighted by Gasteiger charge is 2.35. The largest absolute Gasteiger partial charge is 0.332 e. The lowest BCUT2D eigenvalue weighted by molar-refractivity contribution is 0.0269. The number of amides is 2. The molecule has 0 unspecified atom stereocenters. The zero-order chi connectivity index (χ0) is 18.8. The summed E-state index contributed by atoms with van der Waals surface area (Å²) in [5, 5.41) is 0. The summed E-state index contributed by atoms with van der Waals surface area (Å²) in [6, 6.07) is 15.3. The number of carbonyl (C=O) groups is 2. The summed E-state index contributed by atoms with van der Waals surface area (Å²) in [6.07, 6.45) is 0. The molecule has 0 radical (unpaired) electrons. The van der Waals surface area contributed by atoms with Crippen LogP contribution in [-0.2, 0) is 0 Å². The monoisotopic (exact) mass is 350 g/mol. The maximum atomic E-state index is 13.0. The summed E-state index contributed by atoms with van der Waals surface area (Å²) in [6.45, 7) is 9.04. The maximum absolute atomic E-state index is 13.0. The Morgan fingerprint density at radius 1 is 0.731 bits per heavy atom. The van der Waals surface area contributed by atoms with Gasteiger partial charge >= 0.3 is 0 Å². The molecule has 26 heavy (non-hydrogen) atoms. The first-order valence-corrected chi connectivity index (χ1v) is 9.13. The van der Waals surface area contributed by atoms with Crippen molar-refractivity contribution in [2.24, 2.45) is 0 Å². The molecule has 1 saturated heterocycles. The number of rotatable bonds is 2. The number of hydrogen-bond donors (Lipinski definition) is 0. The van der Waals surface area contributed by atoms with Gasteiger partial charge in [-0.2, -0.15) is 0 Å². The summed E-state index contributed by atoms with van der Waals surface area (Å²) < 4.78 is 0. The highest BCUT2D eigenvalue weighted by atomic mass is 16.2. The minimum atomic E-state index is -0.0220. The maximum Gasteiger partial charge on any atom is 0.254 e. The second kappa shape index (κ2) is 7.32. The number of carbonyl (C=O) groups excluding carboxylic acids is 2. The van der Waals surface area contributed by atoms with Crippen LogP contribution in [-0.4, -0.2) is 46.8 Å². The molecule has 0 saturated carbocycles. The lowest BCUT2D eigenvalue weighted by Gasteiger charge is -2.44. The topological polar surface area (TPSA) is 40.6 Å². The molecule has 2 aromatic rings. The fourth-order valence-corrected chi connectivity index (χ4v) is 3.63. The zero-order valence-electron chi connectivity index (χ0n) is 15.9. The van der Waals surface area contributed by atoms with Crippen LogP contribution in [0.3, 0.4) is 0 Å². The minimum Gasteiger partial charge on any atom is -0.332 e. The van der Waals surface area contributed by atoms with E-state index in [1.54, 1.807) is 0 Å². The third kappa shape index (κ3) is 3.36. The van der Waals surface area contributed by atoms with Crippen LogP contribution in [0.15, 0.2) is 48.5 Å². The lowest BCUT2D eigenvalue weighted by atomic mass is 10.0. The Balaban J connectivity index is 1.79. The normalized spacial score (nSPS) is 20.2. The molecular weight excluding hydrogens is 324 g/mol. The third-order valence-corrected chi connectivity index (χ3v) is 5.26. The van der Waals surface area contributed by atoms with E-state index in [2.05, 4.69) is 0 Å². The summed E-state index contributed by atoms with van der Waals surface area (Å²) in [7, 11) is 0. The first-order chi connectivity index (χ1) is 12.4. The standard InChI is InChI=1S/C22H26N2O2/c1-15-9-5-7-11-19(15)21(25)23-13-18(4)24(14-17(23)3)22(26)20-12-8-6-10-16(20)2/h5-12,17-18H,13-14H2,1-4H3/t17-,18-/m0/s1. The fraction of sp³-hybridized carbons (Fsp3) is 0.364. The van der Waals surface area contributed by atoms with Crippen LogP contribution in [0.1, 0.15) is 45.7 Å². The van der Waals surface area contributed by atoms with E-state index in [9.17, 15) is 9.59 Å². The van der Waals surface area contributed by atoms with E-state index in [0.29, 0.717) is 13.1 Å². The Morgan fingerprint density at radius 2 is 1.08 bits per heavy atom. The molecule has 136 valence electrons. The molecule has 4 heteroatoms. The Kier molecular flexibility index (Phi) is 5.12. The average molecular weight is 350 g/mol. The van der Waals surface area contributed by atoms with Crippen molar-refractivity contribution in [3.05, 3.63) is 70.8 Å². The second-order valence-corrected chi connectivity index (χ2v) is 7.24. The van der Waals surface area contributed by atoms with Crippen molar-refractivity contribution in [1.29, 1.82) is 0 Å². The zero-order valence-corrected chi connectivity index (χ0v) is 15.9. The van der Waals surface area contributed by atoms with Gasteiger partial charge < -0.3 is 9.80 Å². The van der Waals surface area contributed by atoms with E-state index in [4.69, 9.17) is 0 Å². The molecule has 0 aromatic heterocycles. The van der Waals surface area contributed by atoms with Gasteiger partial charge in [0.2, 0.25) is 0 Å². The van der Waals surface area contributed by atoms with Crippen molar-refractivity contribution < 1.29 is 9.59 Å². The Hall–Kier alpha value is -2.62. The van der Waals surface area contributed by atoms with Gasteiger partial charge in [0.1, 0.15) is 0 Å². The Morgan fingerprint density at radius 3 is 1.42 bits per heavy atom. The van der Waals surface area contributed by atoms with Crippen LogP contribution < -0.4 is 0 Å². The molecule has 0 bridgehead atoms. The smallest absolute Gasteiger partial charge is 0.254 e. The van der Waals surface area contributed by atoms with Crippen molar-refractivity contribution in [2.75, 3.05) is 13.1 Å². The molecule has 0 aliphatic carbocycles. The van der Waals surface area contributed by atoms with Gasteiger partial charge in [-0.3, -0.25) is 9.59 Å². The van der Waals surface area contributed by atoms with E-state index >= 15 is 0 Å². The first kappa shape index (κ1) is 18.2. The van der Waals surface area contributed by atoms with E-state index in [-0.39, 0.29) is 23.9 Å². The van der Waals surface area contributed by atoms with Gasteiger partial charge in [-0.25, -0.2) is 0 Å². The number of nitrogens with zero attached hydrogens (tertiary/aromatic N) is 2. The molecule has 1 fully saturated rings. The number of aryl methyl sites for hydroxylation is 2. The van der Waals surface area contributed by atoms with Crippen LogP contribution >= 0.6 is 0 Å². The van der Waals surface area contributed by atoms with Crippen LogP contribution in [0.4, 0.5) is 0 Å². The SMILES string of the molecule is Cc1ccccc1C(=O)N1C[C@H](C)N(C(=O)c2ccccc2C)C[C@@H]1C. The highest BCUT2D eigenvalue weighted by Crippen LogP contribution is 2.22. The first-order valence-electron chi connectivity index (χ1n) is 9.13. The number of benzene rings is 2. The van der Waals surface area contributed by atoms with Gasteiger partial charge in [0.15, 0.2) is 0 Å². The fourth-order valence-electron chi connectivity index (χ4n) is 3.63. The quantitative estimate of drug-likeness (QED) is 0.829. The molecule has 4 nitrogen and oxygen atoms in total. The lowest BCUT2D eigenvalue weighted by Crippen LogP contribution is -2.59. The average Bonchev–Trinajstić information content (AvgIpc) is 2.63. The van der Waals surface area contributed by atoms with Crippen LogP contribution in [0.25, 0.3) is 0 Å². The molecule has 0 spiro atoms. The van der Waals surface area contributed by atoms with Crippen molar-refractivity contribution in [2.45, 2.75) is 39.8 Å². The molecule has 1 aliphatic rings. The van der Waals surface area contributed by atoms with Gasteiger partial charge in [0.05, 0.1) is 0 Å². The van der Waals surface area contributed by atoms with E-state index in [1.165, 1.54) is 0 Å². The summed E-state index contributed by atoms with van der Waals surface area (Å²) in [5.74, 6) is 0.0934. The van der Waals surface area contributed by atoms with Gasteiger partial charge in [-0.05, 0) is 51.0 Å². The van der Waals surface area contributed by atoms with Crippen molar-refractivity contribution in [3.8, 4) is 0 Å². The van der Waals surface area contributed by atoms with Gasteiger partial charge in [0.25, 0.3) is 11.8 Å². The molecule has 0 N–H and O–H groups in total. The molecular formula is C22H26N2O2. The molecule has 2 amide bonds. The predicted octanol–water partition coefficient (Wildman–Crippen LogP) is 3.68. The second-order valence-electron chi connectivity index (χ2n) is 7.24.